The standard InChI is InChI=1S/C14H19BrN2O2/c1-10(16)12-5-4-11(15)8-13(12)19-9-14(18)17-6-2-3-7-17/h4-5,8,10H,2-3,6-7,9,16H2,1H3. The molecule has 1 fully saturated rings. The average Bonchev–Trinajstić information content (AvgIpc) is 2.89. The Hall–Kier alpha value is -1.07. The summed E-state index contributed by atoms with van der Waals surface area (Å²) in [5.41, 5.74) is 6.82. The van der Waals surface area contributed by atoms with Crippen LogP contribution in [0.1, 0.15) is 31.4 Å². The van der Waals surface area contributed by atoms with Crippen LogP contribution in [0.2, 0.25) is 0 Å². The number of likely N-dealkylation sites (tertiary alicyclic amines) is 1. The van der Waals surface area contributed by atoms with Gasteiger partial charge in [-0.15, -0.1) is 0 Å². The molecule has 1 amide bonds. The van der Waals surface area contributed by atoms with Crippen LogP contribution >= 0.6 is 15.9 Å². The lowest BCUT2D eigenvalue weighted by Crippen LogP contribution is -2.32. The van der Waals surface area contributed by atoms with Crippen LogP contribution in [0.15, 0.2) is 22.7 Å². The molecule has 19 heavy (non-hydrogen) atoms. The zero-order valence-corrected chi connectivity index (χ0v) is 12.6. The number of hydrogen-bond donors (Lipinski definition) is 1. The molecule has 1 aliphatic heterocycles. The summed E-state index contributed by atoms with van der Waals surface area (Å²) < 4.78 is 6.57. The molecule has 1 aliphatic rings. The SMILES string of the molecule is CC(N)c1ccc(Br)cc1OCC(=O)N1CCCC1. The maximum atomic E-state index is 11.9. The summed E-state index contributed by atoms with van der Waals surface area (Å²) in [4.78, 5) is 13.8. The first-order valence-corrected chi connectivity index (χ1v) is 7.33. The number of carbonyl (C=O) groups excluding carboxylic acids is 1. The van der Waals surface area contributed by atoms with Crippen molar-refractivity contribution in [3.05, 3.63) is 28.2 Å². The van der Waals surface area contributed by atoms with Gasteiger partial charge in [0.2, 0.25) is 0 Å². The number of benzene rings is 1. The van der Waals surface area contributed by atoms with Crippen molar-refractivity contribution in [2.24, 2.45) is 5.73 Å². The third-order valence-electron chi connectivity index (χ3n) is 3.28. The quantitative estimate of drug-likeness (QED) is 0.924. The minimum absolute atomic E-state index is 0.0492. The molecular formula is C14H19BrN2O2. The van der Waals surface area contributed by atoms with E-state index in [9.17, 15) is 4.79 Å². The Morgan fingerprint density at radius 1 is 1.47 bits per heavy atom. The Kier molecular flexibility index (Phi) is 4.82. The maximum Gasteiger partial charge on any atom is 0.260 e. The fourth-order valence-corrected chi connectivity index (χ4v) is 2.55. The number of halogens is 1. The summed E-state index contributed by atoms with van der Waals surface area (Å²) in [5.74, 6) is 0.727. The third kappa shape index (κ3) is 3.70. The molecule has 0 bridgehead atoms. The Labute approximate surface area is 122 Å². The van der Waals surface area contributed by atoms with Crippen LogP contribution in [0.4, 0.5) is 0 Å². The topological polar surface area (TPSA) is 55.6 Å². The van der Waals surface area contributed by atoms with Gasteiger partial charge in [-0.3, -0.25) is 4.79 Å². The summed E-state index contributed by atoms with van der Waals surface area (Å²) >= 11 is 3.40. The predicted octanol–water partition coefficient (Wildman–Crippen LogP) is 2.47. The summed E-state index contributed by atoms with van der Waals surface area (Å²) in [6.07, 6.45) is 2.18. The van der Waals surface area contributed by atoms with E-state index < -0.39 is 0 Å². The van der Waals surface area contributed by atoms with Crippen molar-refractivity contribution >= 4 is 21.8 Å². The highest BCUT2D eigenvalue weighted by atomic mass is 79.9. The minimum atomic E-state index is -0.120. The molecule has 2 N–H and O–H groups in total. The van der Waals surface area contributed by atoms with Crippen LogP contribution in [0.25, 0.3) is 0 Å². The second kappa shape index (κ2) is 6.39. The lowest BCUT2D eigenvalue weighted by Gasteiger charge is -2.18. The lowest BCUT2D eigenvalue weighted by atomic mass is 10.1. The first kappa shape index (κ1) is 14.3. The first-order valence-electron chi connectivity index (χ1n) is 6.53. The van der Waals surface area contributed by atoms with Crippen LogP contribution in [-0.2, 0) is 4.79 Å². The number of ether oxygens (including phenoxy) is 1. The Bertz CT molecular complexity index is 457. The van der Waals surface area contributed by atoms with Gasteiger partial charge in [-0.05, 0) is 31.9 Å². The van der Waals surface area contributed by atoms with E-state index in [4.69, 9.17) is 10.5 Å². The van der Waals surface area contributed by atoms with Gasteiger partial charge in [0.15, 0.2) is 6.61 Å². The molecule has 1 atom stereocenters. The largest absolute Gasteiger partial charge is 0.483 e. The molecule has 0 aliphatic carbocycles. The van der Waals surface area contributed by atoms with E-state index in [0.29, 0.717) is 5.75 Å². The van der Waals surface area contributed by atoms with E-state index >= 15 is 0 Å². The summed E-state index contributed by atoms with van der Waals surface area (Å²) in [6.45, 7) is 3.68. The lowest BCUT2D eigenvalue weighted by molar-refractivity contribution is -0.132. The average molecular weight is 327 g/mol. The number of carbonyl (C=O) groups is 1. The van der Waals surface area contributed by atoms with Crippen molar-refractivity contribution in [2.75, 3.05) is 19.7 Å². The van der Waals surface area contributed by atoms with E-state index in [0.717, 1.165) is 36.0 Å². The summed E-state index contributed by atoms with van der Waals surface area (Å²) in [6, 6.07) is 5.58. The van der Waals surface area contributed by atoms with Gasteiger partial charge in [0.1, 0.15) is 5.75 Å². The van der Waals surface area contributed by atoms with Crippen molar-refractivity contribution < 1.29 is 9.53 Å². The molecule has 0 saturated carbocycles. The third-order valence-corrected chi connectivity index (χ3v) is 3.77. The summed E-state index contributed by atoms with van der Waals surface area (Å²) in [5, 5.41) is 0. The number of nitrogens with zero attached hydrogens (tertiary/aromatic N) is 1. The molecule has 2 rings (SSSR count). The molecular weight excluding hydrogens is 308 g/mol. The van der Waals surface area contributed by atoms with Crippen molar-refractivity contribution in [2.45, 2.75) is 25.8 Å². The molecule has 1 aromatic carbocycles. The molecule has 1 heterocycles. The van der Waals surface area contributed by atoms with Crippen LogP contribution < -0.4 is 10.5 Å². The van der Waals surface area contributed by atoms with Gasteiger partial charge in [-0.2, -0.15) is 0 Å². The second-order valence-electron chi connectivity index (χ2n) is 4.85. The molecule has 1 aromatic rings. The number of rotatable bonds is 4. The Morgan fingerprint density at radius 3 is 2.79 bits per heavy atom. The van der Waals surface area contributed by atoms with Crippen LogP contribution in [0.5, 0.6) is 5.75 Å². The van der Waals surface area contributed by atoms with Gasteiger partial charge < -0.3 is 15.4 Å². The highest BCUT2D eigenvalue weighted by Gasteiger charge is 2.19. The van der Waals surface area contributed by atoms with Crippen molar-refractivity contribution in [1.82, 2.24) is 4.90 Å². The van der Waals surface area contributed by atoms with E-state index in [2.05, 4.69) is 15.9 Å². The molecule has 5 heteroatoms. The van der Waals surface area contributed by atoms with Crippen molar-refractivity contribution in [1.29, 1.82) is 0 Å². The van der Waals surface area contributed by atoms with Crippen LogP contribution in [0.3, 0.4) is 0 Å². The smallest absolute Gasteiger partial charge is 0.260 e. The molecule has 4 nitrogen and oxygen atoms in total. The van der Waals surface area contributed by atoms with Crippen LogP contribution in [0, 0.1) is 0 Å². The van der Waals surface area contributed by atoms with E-state index in [1.54, 1.807) is 0 Å². The Morgan fingerprint density at radius 2 is 2.16 bits per heavy atom. The van der Waals surface area contributed by atoms with Gasteiger partial charge >= 0.3 is 0 Å². The molecule has 1 saturated heterocycles. The van der Waals surface area contributed by atoms with E-state index in [-0.39, 0.29) is 18.6 Å². The fraction of sp³-hybridized carbons (Fsp3) is 0.500. The molecule has 1 unspecified atom stereocenters. The number of nitrogens with two attached hydrogens (primary N) is 1. The van der Waals surface area contributed by atoms with E-state index in [1.807, 2.05) is 30.0 Å². The zero-order valence-electron chi connectivity index (χ0n) is 11.1. The zero-order chi connectivity index (χ0) is 13.8. The molecule has 0 aromatic heterocycles. The van der Waals surface area contributed by atoms with Crippen LogP contribution in [-0.4, -0.2) is 30.5 Å². The predicted molar refractivity (Wildman–Crippen MR) is 78.1 cm³/mol. The highest BCUT2D eigenvalue weighted by molar-refractivity contribution is 9.10. The van der Waals surface area contributed by atoms with E-state index in [1.165, 1.54) is 0 Å². The molecule has 0 radical (unpaired) electrons. The first-order chi connectivity index (χ1) is 9.08. The van der Waals surface area contributed by atoms with Crippen molar-refractivity contribution in [3.63, 3.8) is 0 Å². The van der Waals surface area contributed by atoms with Gasteiger partial charge in [0.25, 0.3) is 5.91 Å². The van der Waals surface area contributed by atoms with Gasteiger partial charge in [-0.25, -0.2) is 0 Å². The van der Waals surface area contributed by atoms with Crippen molar-refractivity contribution in [3.8, 4) is 5.75 Å². The second-order valence-corrected chi connectivity index (χ2v) is 5.76. The molecule has 104 valence electrons. The van der Waals surface area contributed by atoms with Gasteiger partial charge in [0, 0.05) is 29.2 Å². The molecule has 0 spiro atoms. The van der Waals surface area contributed by atoms with Gasteiger partial charge in [0.05, 0.1) is 0 Å². The number of hydrogen-bond acceptors (Lipinski definition) is 3. The maximum absolute atomic E-state index is 11.9. The normalized spacial score (nSPS) is 16.5. The Balaban J connectivity index is 2.01. The highest BCUT2D eigenvalue weighted by Crippen LogP contribution is 2.27. The minimum Gasteiger partial charge on any atom is -0.483 e. The van der Waals surface area contributed by atoms with Gasteiger partial charge in [-0.1, -0.05) is 22.0 Å². The number of amides is 1. The monoisotopic (exact) mass is 326 g/mol. The fourth-order valence-electron chi connectivity index (χ4n) is 2.21. The summed E-state index contributed by atoms with van der Waals surface area (Å²) in [7, 11) is 0.